The van der Waals surface area contributed by atoms with E-state index in [-0.39, 0.29) is 40.1 Å². The lowest BCUT2D eigenvalue weighted by atomic mass is 10.1. The maximum absolute atomic E-state index is 11.5. The Bertz CT molecular complexity index is 903. The first-order chi connectivity index (χ1) is 15.0. The molecule has 1 heterocycles. The SMILES string of the molecule is NC(CSc1c(O)c2c(c(C(O)C[NH3+])c1SCC(N)C(=O)O)SCC(C(=O)O)N2)C(=O)O. The summed E-state index contributed by atoms with van der Waals surface area (Å²) in [7, 11) is 0. The summed E-state index contributed by atoms with van der Waals surface area (Å²) >= 11 is 3.01. The average molecular weight is 510 g/mol. The maximum Gasteiger partial charge on any atom is 0.327 e. The van der Waals surface area contributed by atoms with Gasteiger partial charge in [-0.15, -0.1) is 35.3 Å². The van der Waals surface area contributed by atoms with Gasteiger partial charge in [-0.3, -0.25) is 9.59 Å². The van der Waals surface area contributed by atoms with Gasteiger partial charge in [0, 0.05) is 32.6 Å². The van der Waals surface area contributed by atoms with Crippen molar-refractivity contribution in [1.82, 2.24) is 0 Å². The third-order valence-electron chi connectivity index (χ3n) is 4.44. The number of anilines is 1. The Morgan fingerprint density at radius 1 is 1.09 bits per heavy atom. The van der Waals surface area contributed by atoms with Crippen LogP contribution in [-0.2, 0) is 14.4 Å². The predicted molar refractivity (Wildman–Crippen MR) is 119 cm³/mol. The summed E-state index contributed by atoms with van der Waals surface area (Å²) in [5.74, 6) is -4.08. The van der Waals surface area contributed by atoms with E-state index in [1.807, 2.05) is 0 Å². The normalized spacial score (nSPS) is 18.2. The van der Waals surface area contributed by atoms with Crippen molar-refractivity contribution in [2.75, 3.05) is 29.1 Å². The minimum absolute atomic E-state index is 0.0391. The quantitative estimate of drug-likeness (QED) is 0.124. The van der Waals surface area contributed by atoms with Gasteiger partial charge in [0.25, 0.3) is 0 Å². The van der Waals surface area contributed by atoms with Gasteiger partial charge in [0.2, 0.25) is 0 Å². The lowest BCUT2D eigenvalue weighted by Crippen LogP contribution is -2.53. The van der Waals surface area contributed by atoms with E-state index in [1.54, 1.807) is 0 Å². The van der Waals surface area contributed by atoms with Crippen molar-refractivity contribution in [1.29, 1.82) is 0 Å². The second-order valence-corrected chi connectivity index (χ2v) is 9.88. The van der Waals surface area contributed by atoms with E-state index >= 15 is 0 Å². The molecule has 0 radical (unpaired) electrons. The molecule has 4 unspecified atom stereocenters. The number of aliphatic hydroxyl groups excluding tert-OH is 1. The third kappa shape index (κ3) is 5.92. The first kappa shape index (κ1) is 26.4. The molecule has 1 aromatic rings. The molecule has 178 valence electrons. The number of aromatic hydroxyl groups is 1. The van der Waals surface area contributed by atoms with Crippen LogP contribution >= 0.6 is 35.3 Å². The van der Waals surface area contributed by atoms with Crippen LogP contribution < -0.4 is 22.5 Å². The van der Waals surface area contributed by atoms with Gasteiger partial charge in [-0.05, 0) is 0 Å². The number of thioether (sulfide) groups is 3. The fourth-order valence-corrected chi connectivity index (χ4v) is 6.45. The molecule has 0 aromatic heterocycles. The Morgan fingerprint density at radius 2 is 1.62 bits per heavy atom. The van der Waals surface area contributed by atoms with Crippen LogP contribution in [0.15, 0.2) is 14.7 Å². The van der Waals surface area contributed by atoms with Gasteiger partial charge in [-0.1, -0.05) is 0 Å². The number of carboxylic acid groups (broad SMARTS) is 3. The number of phenolic OH excluding ortho intramolecular Hbond substituents is 1. The highest BCUT2D eigenvalue weighted by Gasteiger charge is 2.35. The molecule has 1 aromatic carbocycles. The van der Waals surface area contributed by atoms with Gasteiger partial charge in [0.15, 0.2) is 5.75 Å². The molecule has 1 aliphatic rings. The molecule has 0 aliphatic carbocycles. The minimum atomic E-state index is -1.26. The second kappa shape index (κ2) is 11.3. The number of rotatable bonds is 11. The van der Waals surface area contributed by atoms with E-state index in [0.717, 1.165) is 35.3 Å². The van der Waals surface area contributed by atoms with Crippen molar-refractivity contribution < 1.29 is 45.6 Å². The molecular formula is C17H25N4O8S3+. The van der Waals surface area contributed by atoms with E-state index in [4.69, 9.17) is 21.7 Å². The Balaban J connectivity index is 2.64. The van der Waals surface area contributed by atoms with Crippen LogP contribution in [0.2, 0.25) is 0 Å². The number of hydrogen-bond acceptors (Lipinski definition) is 11. The van der Waals surface area contributed by atoms with Gasteiger partial charge in [0.1, 0.15) is 30.8 Å². The molecule has 32 heavy (non-hydrogen) atoms. The number of phenols is 1. The molecule has 0 fully saturated rings. The predicted octanol–water partition coefficient (Wildman–Crippen LogP) is -1.35. The van der Waals surface area contributed by atoms with Crippen LogP contribution in [0.25, 0.3) is 0 Å². The smallest absolute Gasteiger partial charge is 0.327 e. The highest BCUT2D eigenvalue weighted by molar-refractivity contribution is 8.02. The van der Waals surface area contributed by atoms with Crippen molar-refractivity contribution in [2.45, 2.75) is 38.9 Å². The van der Waals surface area contributed by atoms with Crippen molar-refractivity contribution in [2.24, 2.45) is 11.5 Å². The fourth-order valence-electron chi connectivity index (χ4n) is 2.70. The van der Waals surface area contributed by atoms with Crippen LogP contribution in [0.1, 0.15) is 11.7 Å². The van der Waals surface area contributed by atoms with Gasteiger partial charge in [-0.25, -0.2) is 4.79 Å². The molecular weight excluding hydrogens is 484 g/mol. The first-order valence-corrected chi connectivity index (χ1v) is 12.2. The summed E-state index contributed by atoms with van der Waals surface area (Å²) in [5.41, 5.74) is 15.3. The van der Waals surface area contributed by atoms with E-state index < -0.39 is 42.1 Å². The Labute approximate surface area is 195 Å². The molecule has 2 rings (SSSR count). The molecule has 0 saturated carbocycles. The molecule has 0 bridgehead atoms. The molecule has 0 saturated heterocycles. The summed E-state index contributed by atoms with van der Waals surface area (Å²) in [4.78, 5) is 34.6. The maximum atomic E-state index is 11.5. The lowest BCUT2D eigenvalue weighted by molar-refractivity contribution is -0.385. The fraction of sp³-hybridized carbons (Fsp3) is 0.471. The highest BCUT2D eigenvalue weighted by Crippen LogP contribution is 2.53. The van der Waals surface area contributed by atoms with Crippen LogP contribution in [0, 0.1) is 0 Å². The number of nitrogens with two attached hydrogens (primary N) is 2. The summed E-state index contributed by atoms with van der Waals surface area (Å²) in [6, 6.07) is -3.49. The summed E-state index contributed by atoms with van der Waals surface area (Å²) < 4.78 is 0. The standard InChI is InChI=1S/C17H24N4O8S3/c18-1-8(22)9-12-10(21-7(4-32-12)17(28)29)11(23)14(31-3-6(20)16(26)27)13(9)30-2-5(19)15(24)25/h5-8,21-23H,1-4,18-20H2,(H,24,25)(H,26,27)(H,28,29)/p+1. The highest BCUT2D eigenvalue weighted by atomic mass is 32.2. The number of aliphatic carboxylic acids is 3. The molecule has 0 spiro atoms. The van der Waals surface area contributed by atoms with E-state index in [1.165, 1.54) is 0 Å². The van der Waals surface area contributed by atoms with Crippen LogP contribution in [0.4, 0.5) is 5.69 Å². The lowest BCUT2D eigenvalue weighted by Gasteiger charge is -2.30. The zero-order valence-electron chi connectivity index (χ0n) is 16.7. The Hall–Kier alpha value is -1.88. The van der Waals surface area contributed by atoms with Crippen molar-refractivity contribution in [3.05, 3.63) is 5.56 Å². The number of carbonyl (C=O) groups is 3. The number of hydrogen-bond donors (Lipinski definition) is 9. The summed E-state index contributed by atoms with van der Waals surface area (Å²) in [5, 5.41) is 52.0. The van der Waals surface area contributed by atoms with Crippen molar-refractivity contribution >= 4 is 58.9 Å². The van der Waals surface area contributed by atoms with Gasteiger partial charge in [0.05, 0.1) is 10.6 Å². The first-order valence-electron chi connectivity index (χ1n) is 9.24. The molecule has 0 amide bonds. The number of fused-ring (bicyclic) bond motifs is 1. The number of quaternary nitrogens is 1. The number of benzene rings is 1. The van der Waals surface area contributed by atoms with E-state index in [2.05, 4.69) is 11.1 Å². The number of aliphatic hydroxyl groups is 1. The van der Waals surface area contributed by atoms with Crippen LogP contribution in [0.3, 0.4) is 0 Å². The third-order valence-corrected chi connectivity index (χ3v) is 8.23. The van der Waals surface area contributed by atoms with Crippen LogP contribution in [0.5, 0.6) is 5.75 Å². The summed E-state index contributed by atoms with van der Waals surface area (Å²) in [6.07, 6.45) is -1.11. The topological polar surface area (TPSA) is 244 Å². The largest absolute Gasteiger partial charge is 0.505 e. The molecule has 4 atom stereocenters. The zero-order chi connectivity index (χ0) is 24.2. The number of carboxylic acids is 3. The minimum Gasteiger partial charge on any atom is -0.505 e. The van der Waals surface area contributed by atoms with Gasteiger partial charge >= 0.3 is 17.9 Å². The van der Waals surface area contributed by atoms with Crippen molar-refractivity contribution in [3.8, 4) is 5.75 Å². The zero-order valence-corrected chi connectivity index (χ0v) is 19.1. The monoisotopic (exact) mass is 509 g/mol. The number of nitrogens with one attached hydrogen (secondary N) is 1. The van der Waals surface area contributed by atoms with E-state index in [0.29, 0.717) is 15.4 Å². The molecule has 15 heteroatoms. The van der Waals surface area contributed by atoms with Gasteiger partial charge in [-0.2, -0.15) is 0 Å². The summed E-state index contributed by atoms with van der Waals surface area (Å²) in [6.45, 7) is 0.0391. The molecule has 1 aliphatic heterocycles. The Kier molecular flexibility index (Phi) is 9.32. The van der Waals surface area contributed by atoms with E-state index in [9.17, 15) is 29.7 Å². The molecule has 12 nitrogen and oxygen atoms in total. The van der Waals surface area contributed by atoms with Gasteiger partial charge < -0.3 is 48.1 Å². The van der Waals surface area contributed by atoms with Crippen molar-refractivity contribution in [3.63, 3.8) is 0 Å². The average Bonchev–Trinajstić information content (AvgIpc) is 2.75. The molecule has 13 N–H and O–H groups in total. The Morgan fingerprint density at radius 3 is 2.09 bits per heavy atom. The second-order valence-electron chi connectivity index (χ2n) is 6.79. The van der Waals surface area contributed by atoms with Crippen LogP contribution in [-0.4, -0.2) is 85.4 Å².